The molecule has 0 bridgehead atoms. The number of nitrogens with zero attached hydrogens (tertiary/aromatic N) is 2. The number of aromatic hydroxyl groups is 1. The number of aliphatic hydroxyl groups excluding tert-OH is 1. The van der Waals surface area contributed by atoms with E-state index in [0.29, 0.717) is 35.5 Å². The van der Waals surface area contributed by atoms with Gasteiger partial charge in [-0.2, -0.15) is 0 Å². The Hall–Kier alpha value is -3.20. The number of piperidine rings is 1. The van der Waals surface area contributed by atoms with Crippen molar-refractivity contribution in [2.75, 3.05) is 32.7 Å². The van der Waals surface area contributed by atoms with Crippen molar-refractivity contribution >= 4 is 16.8 Å². The number of carbonyl (C=O) groups excluding carboxylic acids is 1. The van der Waals surface area contributed by atoms with Crippen molar-refractivity contribution in [3.05, 3.63) is 75.6 Å². The standard InChI is InChI=1S/C28H34N4O4/c33-24-7-5-22(23-6-8-26(35)30-28(23)24)25(34)17-29-21-10-13-31(14-11-21)15-12-27(36)32-16-9-19-3-1-2-4-20(19)18-32/h1-8,21,25,29,33-34H,9-18H2,(H,30,35)/t25-/m0/s1. The van der Waals surface area contributed by atoms with E-state index in [9.17, 15) is 19.8 Å². The number of phenolic OH excluding ortho intramolecular Hbond substituents is 1. The number of pyridine rings is 1. The van der Waals surface area contributed by atoms with Crippen molar-refractivity contribution in [2.24, 2.45) is 0 Å². The summed E-state index contributed by atoms with van der Waals surface area (Å²) in [6, 6.07) is 14.9. The van der Waals surface area contributed by atoms with Crippen molar-refractivity contribution < 1.29 is 15.0 Å². The molecule has 2 aliphatic heterocycles. The minimum Gasteiger partial charge on any atom is -0.506 e. The summed E-state index contributed by atoms with van der Waals surface area (Å²) in [4.78, 5) is 31.4. The molecule has 1 atom stereocenters. The summed E-state index contributed by atoms with van der Waals surface area (Å²) < 4.78 is 0. The zero-order chi connectivity index (χ0) is 25.1. The number of nitrogens with one attached hydrogen (secondary N) is 2. The first-order chi connectivity index (χ1) is 17.5. The van der Waals surface area contributed by atoms with Gasteiger partial charge in [0.2, 0.25) is 11.5 Å². The van der Waals surface area contributed by atoms with Crippen LogP contribution in [-0.4, -0.2) is 69.7 Å². The van der Waals surface area contributed by atoms with E-state index in [1.165, 1.54) is 23.3 Å². The van der Waals surface area contributed by atoms with Crippen LogP contribution in [-0.2, 0) is 17.8 Å². The summed E-state index contributed by atoms with van der Waals surface area (Å²) >= 11 is 0. The Morgan fingerprint density at radius 1 is 1.06 bits per heavy atom. The molecule has 190 valence electrons. The number of hydrogen-bond donors (Lipinski definition) is 4. The van der Waals surface area contributed by atoms with E-state index >= 15 is 0 Å². The van der Waals surface area contributed by atoms with Gasteiger partial charge in [0.1, 0.15) is 5.75 Å². The molecule has 0 radical (unpaired) electrons. The predicted molar refractivity (Wildman–Crippen MR) is 139 cm³/mol. The minimum atomic E-state index is -0.760. The van der Waals surface area contributed by atoms with Gasteiger partial charge in [-0.05, 0) is 61.2 Å². The third-order valence-corrected chi connectivity index (χ3v) is 7.58. The van der Waals surface area contributed by atoms with Crippen LogP contribution >= 0.6 is 0 Å². The number of likely N-dealkylation sites (tertiary alicyclic amines) is 1. The van der Waals surface area contributed by atoms with E-state index in [1.807, 2.05) is 11.0 Å². The van der Waals surface area contributed by atoms with Crippen LogP contribution < -0.4 is 10.9 Å². The van der Waals surface area contributed by atoms with Gasteiger partial charge in [0.15, 0.2) is 0 Å². The molecular weight excluding hydrogens is 456 g/mol. The lowest BCUT2D eigenvalue weighted by Gasteiger charge is -2.34. The Labute approximate surface area is 210 Å². The number of fused-ring (bicyclic) bond motifs is 2. The number of H-pyrrole nitrogens is 1. The van der Waals surface area contributed by atoms with Gasteiger partial charge in [0.25, 0.3) is 0 Å². The van der Waals surface area contributed by atoms with Crippen LogP contribution in [0.15, 0.2) is 53.3 Å². The highest BCUT2D eigenvalue weighted by Gasteiger charge is 2.24. The number of amides is 1. The SMILES string of the molecule is O=C(CCN1CCC(NC[C@H](O)c2ccc(O)c3[nH]c(=O)ccc23)CC1)N1CCc2ccccc2C1. The lowest BCUT2D eigenvalue weighted by molar-refractivity contribution is -0.132. The molecule has 0 saturated carbocycles. The first-order valence-electron chi connectivity index (χ1n) is 12.8. The minimum absolute atomic E-state index is 0.0115. The quantitative estimate of drug-likeness (QED) is 0.405. The lowest BCUT2D eigenvalue weighted by Crippen LogP contribution is -2.45. The van der Waals surface area contributed by atoms with Gasteiger partial charge >= 0.3 is 0 Å². The van der Waals surface area contributed by atoms with Crippen molar-refractivity contribution in [2.45, 2.75) is 44.4 Å². The fourth-order valence-electron chi connectivity index (χ4n) is 5.42. The normalized spacial score (nSPS) is 17.8. The van der Waals surface area contributed by atoms with Crippen LogP contribution in [0, 0.1) is 0 Å². The summed E-state index contributed by atoms with van der Waals surface area (Å²) in [5, 5.41) is 25.0. The van der Waals surface area contributed by atoms with Crippen LogP contribution in [0.4, 0.5) is 0 Å². The molecule has 2 aromatic carbocycles. The molecule has 5 rings (SSSR count). The topological polar surface area (TPSA) is 109 Å². The molecule has 0 aliphatic carbocycles. The number of aromatic amines is 1. The van der Waals surface area contributed by atoms with Gasteiger partial charge in [-0.15, -0.1) is 0 Å². The first-order valence-corrected chi connectivity index (χ1v) is 12.8. The number of hydrogen-bond acceptors (Lipinski definition) is 6. The number of benzene rings is 2. The molecule has 1 aromatic heterocycles. The molecule has 36 heavy (non-hydrogen) atoms. The maximum atomic E-state index is 12.8. The molecule has 4 N–H and O–H groups in total. The number of aromatic nitrogens is 1. The van der Waals surface area contributed by atoms with Gasteiger partial charge in [0.05, 0.1) is 11.6 Å². The van der Waals surface area contributed by atoms with E-state index in [4.69, 9.17) is 0 Å². The largest absolute Gasteiger partial charge is 0.506 e. The van der Waals surface area contributed by atoms with Crippen LogP contribution in [0.5, 0.6) is 5.75 Å². The molecule has 1 fully saturated rings. The molecule has 0 spiro atoms. The molecule has 0 unspecified atom stereocenters. The van der Waals surface area contributed by atoms with Crippen LogP contribution in [0.1, 0.15) is 42.1 Å². The molecule has 2 aliphatic rings. The van der Waals surface area contributed by atoms with Crippen molar-refractivity contribution in [3.8, 4) is 5.75 Å². The van der Waals surface area contributed by atoms with E-state index in [0.717, 1.165) is 52.0 Å². The summed E-state index contributed by atoms with van der Waals surface area (Å²) in [7, 11) is 0. The van der Waals surface area contributed by atoms with Crippen LogP contribution in [0.3, 0.4) is 0 Å². The molecule has 8 nitrogen and oxygen atoms in total. The van der Waals surface area contributed by atoms with Gasteiger partial charge in [-0.3, -0.25) is 9.59 Å². The Kier molecular flexibility index (Phi) is 7.36. The van der Waals surface area contributed by atoms with E-state index in [1.54, 1.807) is 12.1 Å². The van der Waals surface area contributed by atoms with Crippen molar-refractivity contribution in [1.82, 2.24) is 20.1 Å². The monoisotopic (exact) mass is 490 g/mol. The Morgan fingerprint density at radius 2 is 1.83 bits per heavy atom. The van der Waals surface area contributed by atoms with Gasteiger partial charge in [0, 0.05) is 50.1 Å². The molecular formula is C28H34N4O4. The number of rotatable bonds is 7. The molecule has 1 amide bonds. The summed E-state index contributed by atoms with van der Waals surface area (Å²) in [6.45, 7) is 4.54. The van der Waals surface area contributed by atoms with Crippen LogP contribution in [0.25, 0.3) is 10.9 Å². The van der Waals surface area contributed by atoms with Crippen molar-refractivity contribution in [1.29, 1.82) is 0 Å². The highest BCUT2D eigenvalue weighted by atomic mass is 16.3. The summed E-state index contributed by atoms with van der Waals surface area (Å²) in [5.41, 5.74) is 3.34. The zero-order valence-electron chi connectivity index (χ0n) is 20.4. The zero-order valence-corrected chi connectivity index (χ0v) is 20.4. The van der Waals surface area contributed by atoms with Crippen LogP contribution in [0.2, 0.25) is 0 Å². The summed E-state index contributed by atoms with van der Waals surface area (Å²) in [6.07, 6.45) is 2.64. The lowest BCUT2D eigenvalue weighted by atomic mass is 9.99. The number of carbonyl (C=O) groups is 1. The van der Waals surface area contributed by atoms with E-state index < -0.39 is 6.10 Å². The second-order valence-electron chi connectivity index (χ2n) is 9.91. The maximum absolute atomic E-state index is 12.8. The molecule has 8 heteroatoms. The highest BCUT2D eigenvalue weighted by Crippen LogP contribution is 2.28. The maximum Gasteiger partial charge on any atom is 0.248 e. The first kappa shape index (κ1) is 24.5. The molecule has 1 saturated heterocycles. The molecule has 3 heterocycles. The highest BCUT2D eigenvalue weighted by molar-refractivity contribution is 5.87. The number of phenols is 1. The molecule has 3 aromatic rings. The summed E-state index contributed by atoms with van der Waals surface area (Å²) in [5.74, 6) is 0.220. The fraction of sp³-hybridized carbons (Fsp3) is 0.429. The average molecular weight is 491 g/mol. The third kappa shape index (κ3) is 5.46. The third-order valence-electron chi connectivity index (χ3n) is 7.58. The van der Waals surface area contributed by atoms with E-state index in [2.05, 4.69) is 33.4 Å². The fourth-order valence-corrected chi connectivity index (χ4v) is 5.42. The van der Waals surface area contributed by atoms with E-state index in [-0.39, 0.29) is 17.2 Å². The average Bonchev–Trinajstić information content (AvgIpc) is 2.91. The Bertz CT molecular complexity index is 1280. The second-order valence-corrected chi connectivity index (χ2v) is 9.91. The van der Waals surface area contributed by atoms with Crippen molar-refractivity contribution in [3.63, 3.8) is 0 Å². The van der Waals surface area contributed by atoms with Gasteiger partial charge < -0.3 is 30.3 Å². The van der Waals surface area contributed by atoms with Gasteiger partial charge in [-0.25, -0.2) is 0 Å². The Balaban J connectivity index is 1.06. The Morgan fingerprint density at radius 3 is 2.64 bits per heavy atom. The smallest absolute Gasteiger partial charge is 0.248 e. The second kappa shape index (κ2) is 10.8. The number of aliphatic hydroxyl groups is 1. The van der Waals surface area contributed by atoms with Gasteiger partial charge in [-0.1, -0.05) is 30.3 Å². The predicted octanol–water partition coefficient (Wildman–Crippen LogP) is 2.30.